The molecule has 0 saturated carbocycles. The number of carbonyl (C=O) groups excluding carboxylic acids is 2. The monoisotopic (exact) mass is 704 g/mol. The maximum Gasteiger partial charge on any atom is 0.455 e. The van der Waals surface area contributed by atoms with Gasteiger partial charge in [0.25, 0.3) is 0 Å². The van der Waals surface area contributed by atoms with Crippen LogP contribution in [0.4, 0.5) is 0 Å². The van der Waals surface area contributed by atoms with Gasteiger partial charge in [0.05, 0.1) is 24.5 Å². The summed E-state index contributed by atoms with van der Waals surface area (Å²) in [6.07, 6.45) is 7.14. The molecule has 3 heterocycles. The number of allylic oxidation sites excluding steroid dienone is 1. The van der Waals surface area contributed by atoms with Crippen molar-refractivity contribution in [2.75, 3.05) is 26.8 Å². The molecule has 2 amide bonds. The van der Waals surface area contributed by atoms with E-state index in [1.54, 1.807) is 18.1 Å². The predicted molar refractivity (Wildman–Crippen MR) is 186 cm³/mol. The lowest BCUT2D eigenvalue weighted by atomic mass is 9.58. The molecule has 2 N–H and O–H groups in total. The number of benzene rings is 2. The molecule has 1 aliphatic carbocycles. The van der Waals surface area contributed by atoms with Gasteiger partial charge in [0.1, 0.15) is 5.75 Å². The molecule has 4 atom stereocenters. The Balaban J connectivity index is 1.19. The molecule has 4 aliphatic rings. The molecule has 3 fully saturated rings. The van der Waals surface area contributed by atoms with Crippen molar-refractivity contribution in [1.29, 1.82) is 0 Å². The molecule has 2 aromatic rings. The lowest BCUT2D eigenvalue weighted by molar-refractivity contribution is -0.144. The summed E-state index contributed by atoms with van der Waals surface area (Å²) < 4.78 is 12.8. The van der Waals surface area contributed by atoms with Gasteiger partial charge >= 0.3 is 7.12 Å². The smallest absolute Gasteiger partial charge is 0.455 e. The van der Waals surface area contributed by atoms with Crippen LogP contribution < -0.4 is 0 Å². The van der Waals surface area contributed by atoms with Crippen LogP contribution in [0, 0.1) is 17.8 Å². The van der Waals surface area contributed by atoms with E-state index in [9.17, 15) is 19.7 Å². The molecule has 250 valence electrons. The molecule has 6 rings (SSSR count). The second kappa shape index (κ2) is 15.2. The molecule has 2 aromatic carbocycles. The number of amides is 2. The van der Waals surface area contributed by atoms with E-state index in [2.05, 4.69) is 52.0 Å². The fourth-order valence-electron chi connectivity index (χ4n) is 8.40. The number of phenols is 1. The Morgan fingerprint density at radius 3 is 2.57 bits per heavy atom. The predicted octanol–water partition coefficient (Wildman–Crippen LogP) is 6.23. The van der Waals surface area contributed by atoms with Gasteiger partial charge in [-0.2, -0.15) is 0 Å². The number of methoxy groups -OCH3 is 1. The van der Waals surface area contributed by atoms with Crippen LogP contribution in [0.5, 0.6) is 5.75 Å². The van der Waals surface area contributed by atoms with Crippen LogP contribution >= 0.6 is 15.9 Å². The Kier molecular flexibility index (Phi) is 11.0. The fraction of sp³-hybridized carbons (Fsp3) is 0.514. The summed E-state index contributed by atoms with van der Waals surface area (Å²) in [6.45, 7) is 5.05. The number of aromatic hydroxyl groups is 1. The highest BCUT2D eigenvalue weighted by atomic mass is 79.9. The molecule has 0 aromatic heterocycles. The fourth-order valence-corrected chi connectivity index (χ4v) is 8.78. The van der Waals surface area contributed by atoms with Crippen LogP contribution in [0.3, 0.4) is 0 Å². The number of hydrogen-bond acceptors (Lipinski definition) is 7. The average molecular weight is 705 g/mol. The average Bonchev–Trinajstić information content (AvgIpc) is 3.31. The van der Waals surface area contributed by atoms with E-state index in [4.69, 9.17) is 9.39 Å². The van der Waals surface area contributed by atoms with Crippen molar-refractivity contribution < 1.29 is 29.1 Å². The molecule has 8 nitrogen and oxygen atoms in total. The van der Waals surface area contributed by atoms with Gasteiger partial charge in [0.15, 0.2) is 0 Å². The summed E-state index contributed by atoms with van der Waals surface area (Å²) in [4.78, 5) is 32.3. The lowest BCUT2D eigenvalue weighted by Gasteiger charge is -2.43. The first-order valence-electron chi connectivity index (χ1n) is 17.1. The van der Waals surface area contributed by atoms with Crippen LogP contribution in [0.25, 0.3) is 6.08 Å². The maximum absolute atomic E-state index is 14.2. The van der Waals surface area contributed by atoms with Crippen LogP contribution in [-0.4, -0.2) is 77.8 Å². The first kappa shape index (κ1) is 34.1. The molecule has 10 heteroatoms. The lowest BCUT2D eigenvalue weighted by Crippen LogP contribution is -2.48. The summed E-state index contributed by atoms with van der Waals surface area (Å²) in [7, 11) is 0.647. The number of rotatable bonds is 11. The minimum atomic E-state index is -1.01. The number of halogens is 1. The summed E-state index contributed by atoms with van der Waals surface area (Å²) in [5.41, 5.74) is 5.28. The molecule has 0 unspecified atom stereocenters. The summed E-state index contributed by atoms with van der Waals surface area (Å²) in [5.74, 6) is -1.08. The minimum absolute atomic E-state index is 0.0614. The third-order valence-corrected chi connectivity index (χ3v) is 11.0. The van der Waals surface area contributed by atoms with Crippen molar-refractivity contribution >= 4 is 40.9 Å². The normalized spacial score (nSPS) is 25.8. The Morgan fingerprint density at radius 2 is 1.85 bits per heavy atom. The van der Waals surface area contributed by atoms with E-state index >= 15 is 0 Å². The van der Waals surface area contributed by atoms with Gasteiger partial charge in [-0.3, -0.25) is 19.4 Å². The van der Waals surface area contributed by atoms with E-state index in [0.29, 0.717) is 32.2 Å². The van der Waals surface area contributed by atoms with Crippen LogP contribution in [-0.2, 0) is 25.5 Å². The SMILES string of the molecule is CCC/C(=C\c1cc(Br)ccc1O)CC[C@H]1OB(O)C[C@H]2C1=C(COC)C[C@H]1C(=O)N(C3CCN(Cc4ccccc4)CC3)C(=O)[C@H]12. The van der Waals surface area contributed by atoms with E-state index < -0.39 is 19.0 Å². The highest BCUT2D eigenvalue weighted by molar-refractivity contribution is 9.10. The van der Waals surface area contributed by atoms with Crippen LogP contribution in [0.1, 0.15) is 63.0 Å². The third kappa shape index (κ3) is 7.47. The quantitative estimate of drug-likeness (QED) is 0.163. The molecule has 0 spiro atoms. The highest BCUT2D eigenvalue weighted by Crippen LogP contribution is 2.51. The number of hydrogen-bond donors (Lipinski definition) is 2. The molecule has 47 heavy (non-hydrogen) atoms. The van der Waals surface area contributed by atoms with Crippen molar-refractivity contribution in [2.24, 2.45) is 17.8 Å². The van der Waals surface area contributed by atoms with Crippen LogP contribution in [0.15, 0.2) is 69.7 Å². The van der Waals surface area contributed by atoms with Gasteiger partial charge in [-0.15, -0.1) is 0 Å². The number of ether oxygens (including phenoxy) is 1. The van der Waals surface area contributed by atoms with Gasteiger partial charge in [-0.05, 0) is 85.7 Å². The number of carbonyl (C=O) groups is 2. The zero-order valence-corrected chi connectivity index (χ0v) is 29.0. The van der Waals surface area contributed by atoms with E-state index in [1.807, 2.05) is 24.3 Å². The van der Waals surface area contributed by atoms with E-state index in [1.165, 1.54) is 11.1 Å². The maximum atomic E-state index is 14.2. The Hall–Kier alpha value is -2.76. The van der Waals surface area contributed by atoms with Crippen LogP contribution in [0.2, 0.25) is 6.32 Å². The molecular formula is C37H46BBrN2O6. The van der Waals surface area contributed by atoms with E-state index in [-0.39, 0.29) is 35.6 Å². The Morgan fingerprint density at radius 1 is 1.09 bits per heavy atom. The van der Waals surface area contributed by atoms with Gasteiger partial charge in [-0.25, -0.2) is 0 Å². The zero-order valence-electron chi connectivity index (χ0n) is 27.4. The van der Waals surface area contributed by atoms with Gasteiger partial charge < -0.3 is 19.5 Å². The third-order valence-electron chi connectivity index (χ3n) is 10.5. The largest absolute Gasteiger partial charge is 0.507 e. The van der Waals surface area contributed by atoms with Crippen molar-refractivity contribution in [2.45, 2.75) is 76.9 Å². The number of imide groups is 1. The van der Waals surface area contributed by atoms with Crippen molar-refractivity contribution in [3.8, 4) is 5.75 Å². The first-order valence-corrected chi connectivity index (χ1v) is 17.9. The number of fused-ring (bicyclic) bond motifs is 3. The molecular weight excluding hydrogens is 659 g/mol. The second-order valence-corrected chi connectivity index (χ2v) is 14.5. The number of nitrogens with zero attached hydrogens (tertiary/aromatic N) is 2. The van der Waals surface area contributed by atoms with Crippen molar-refractivity contribution in [1.82, 2.24) is 9.80 Å². The molecule has 0 bridgehead atoms. The van der Waals surface area contributed by atoms with Crippen molar-refractivity contribution in [3.05, 3.63) is 80.8 Å². The Labute approximate surface area is 287 Å². The number of likely N-dealkylation sites (tertiary alicyclic amines) is 2. The minimum Gasteiger partial charge on any atom is -0.507 e. The topological polar surface area (TPSA) is 99.5 Å². The molecule has 3 saturated heterocycles. The molecule has 0 radical (unpaired) electrons. The van der Waals surface area contributed by atoms with E-state index in [0.717, 1.165) is 66.5 Å². The van der Waals surface area contributed by atoms with Gasteiger partial charge in [0.2, 0.25) is 11.8 Å². The number of phenolic OH excluding ortho intramolecular Hbond substituents is 1. The van der Waals surface area contributed by atoms with Gasteiger partial charge in [-0.1, -0.05) is 71.3 Å². The zero-order chi connectivity index (χ0) is 33.1. The second-order valence-electron chi connectivity index (χ2n) is 13.6. The summed E-state index contributed by atoms with van der Waals surface area (Å²) in [5, 5.41) is 21.5. The highest BCUT2D eigenvalue weighted by Gasteiger charge is 2.58. The molecule has 3 aliphatic heterocycles. The van der Waals surface area contributed by atoms with Gasteiger partial charge in [0, 0.05) is 42.8 Å². The summed E-state index contributed by atoms with van der Waals surface area (Å²) in [6, 6.07) is 15.7. The standard InChI is InChI=1S/C37H46BBrN2O6/c1-3-7-24(18-26-19-28(39)11-12-32(26)42)10-13-33-34-27(23-46-2)20-30-35(31(34)21-38(45)47-33)37(44)41(36(30)43)29-14-16-40(17-15-29)22-25-8-5-4-6-9-25/h4-6,8-9,11-12,18-19,29-31,33,35,42,45H,3,7,10,13-17,20-23H2,1-2H3/b24-18+/t30-,31+,33-,35-/m1/s1. The number of piperidine rings is 1. The first-order chi connectivity index (χ1) is 22.8. The van der Waals surface area contributed by atoms with Crippen molar-refractivity contribution in [3.63, 3.8) is 0 Å². The Bertz CT molecular complexity index is 1510. The summed E-state index contributed by atoms with van der Waals surface area (Å²) >= 11 is 3.51.